The molecule has 19 heavy (non-hydrogen) atoms. The Labute approximate surface area is 116 Å². The van der Waals surface area contributed by atoms with Crippen molar-refractivity contribution in [2.75, 3.05) is 32.7 Å². The molecule has 2 aliphatic heterocycles. The molecule has 1 aromatic carbocycles. The molecular weight excluding hydrogens is 234 g/mol. The maximum absolute atomic E-state index is 3.61. The van der Waals surface area contributed by atoms with Gasteiger partial charge in [0.25, 0.3) is 0 Å². The van der Waals surface area contributed by atoms with E-state index in [0.717, 1.165) is 26.2 Å². The Hall–Kier alpha value is -0.900. The fraction of sp³-hybridized carbons (Fsp3) is 0.625. The van der Waals surface area contributed by atoms with Gasteiger partial charge in [-0.25, -0.2) is 0 Å². The highest BCUT2D eigenvalue weighted by Gasteiger charge is 2.18. The zero-order chi connectivity index (χ0) is 13.1. The van der Waals surface area contributed by atoms with Gasteiger partial charge in [-0.05, 0) is 36.1 Å². The van der Waals surface area contributed by atoms with Gasteiger partial charge in [0.2, 0.25) is 0 Å². The Kier molecular flexibility index (Phi) is 4.16. The topological polar surface area (TPSA) is 27.3 Å². The largest absolute Gasteiger partial charge is 0.314 e. The number of nitrogens with one attached hydrogen (secondary N) is 2. The van der Waals surface area contributed by atoms with E-state index in [2.05, 4.69) is 40.7 Å². The summed E-state index contributed by atoms with van der Waals surface area (Å²) in [5, 5.41) is 7.02. The van der Waals surface area contributed by atoms with Crippen LogP contribution in [0.5, 0.6) is 0 Å². The molecule has 0 aliphatic carbocycles. The van der Waals surface area contributed by atoms with Crippen LogP contribution in [0.15, 0.2) is 18.2 Å². The van der Waals surface area contributed by atoms with E-state index in [1.165, 1.54) is 37.1 Å². The quantitative estimate of drug-likeness (QED) is 0.865. The smallest absolute Gasteiger partial charge is 0.0320 e. The van der Waals surface area contributed by atoms with Gasteiger partial charge < -0.3 is 10.6 Å². The summed E-state index contributed by atoms with van der Waals surface area (Å²) in [5.74, 6) is 0. The van der Waals surface area contributed by atoms with E-state index in [1.807, 2.05) is 0 Å². The molecule has 1 atom stereocenters. The Morgan fingerprint density at radius 1 is 1.21 bits per heavy atom. The summed E-state index contributed by atoms with van der Waals surface area (Å²) in [5.41, 5.74) is 4.58. The molecule has 0 bridgehead atoms. The van der Waals surface area contributed by atoms with E-state index in [-0.39, 0.29) is 0 Å². The monoisotopic (exact) mass is 259 g/mol. The maximum Gasteiger partial charge on any atom is 0.0320 e. The number of rotatable bonds is 3. The zero-order valence-corrected chi connectivity index (χ0v) is 11.9. The zero-order valence-electron chi connectivity index (χ0n) is 11.9. The highest BCUT2D eigenvalue weighted by molar-refractivity contribution is 5.36. The molecule has 3 nitrogen and oxygen atoms in total. The van der Waals surface area contributed by atoms with E-state index in [9.17, 15) is 0 Å². The van der Waals surface area contributed by atoms with Gasteiger partial charge in [-0.1, -0.05) is 25.1 Å². The van der Waals surface area contributed by atoms with E-state index in [0.29, 0.717) is 6.04 Å². The second-order valence-electron chi connectivity index (χ2n) is 5.72. The van der Waals surface area contributed by atoms with Crippen LogP contribution in [0.2, 0.25) is 0 Å². The number of hydrogen-bond donors (Lipinski definition) is 2. The van der Waals surface area contributed by atoms with Crippen molar-refractivity contribution in [3.8, 4) is 0 Å². The number of benzene rings is 1. The van der Waals surface area contributed by atoms with Crippen molar-refractivity contribution in [2.24, 2.45) is 0 Å². The number of hydrogen-bond acceptors (Lipinski definition) is 3. The van der Waals surface area contributed by atoms with Crippen LogP contribution in [-0.2, 0) is 13.0 Å². The Bertz CT molecular complexity index is 424. The molecule has 2 aliphatic rings. The lowest BCUT2D eigenvalue weighted by Crippen LogP contribution is -2.42. The first kappa shape index (κ1) is 13.1. The third-order valence-electron chi connectivity index (χ3n) is 4.39. The van der Waals surface area contributed by atoms with Crippen LogP contribution in [0.4, 0.5) is 0 Å². The van der Waals surface area contributed by atoms with Crippen molar-refractivity contribution < 1.29 is 0 Å². The minimum Gasteiger partial charge on any atom is -0.314 e. The van der Waals surface area contributed by atoms with E-state index < -0.39 is 0 Å². The van der Waals surface area contributed by atoms with Crippen molar-refractivity contribution in [3.05, 3.63) is 34.9 Å². The number of piperazine rings is 1. The van der Waals surface area contributed by atoms with Gasteiger partial charge in [-0.3, -0.25) is 4.90 Å². The maximum atomic E-state index is 3.61. The highest BCUT2D eigenvalue weighted by Crippen LogP contribution is 2.26. The third-order valence-corrected chi connectivity index (χ3v) is 4.39. The average Bonchev–Trinajstić information content (AvgIpc) is 2.47. The van der Waals surface area contributed by atoms with Gasteiger partial charge in [0.1, 0.15) is 0 Å². The van der Waals surface area contributed by atoms with Crippen LogP contribution in [0.1, 0.15) is 36.1 Å². The van der Waals surface area contributed by atoms with E-state index in [1.54, 1.807) is 5.56 Å². The third kappa shape index (κ3) is 2.99. The summed E-state index contributed by atoms with van der Waals surface area (Å²) >= 11 is 0. The Balaban J connectivity index is 1.73. The minimum absolute atomic E-state index is 0.567. The summed E-state index contributed by atoms with van der Waals surface area (Å²) in [7, 11) is 0. The molecule has 0 aromatic heterocycles. The van der Waals surface area contributed by atoms with Gasteiger partial charge in [-0.2, -0.15) is 0 Å². The predicted molar refractivity (Wildman–Crippen MR) is 79.3 cm³/mol. The van der Waals surface area contributed by atoms with Crippen LogP contribution in [0.25, 0.3) is 0 Å². The van der Waals surface area contributed by atoms with Crippen molar-refractivity contribution in [1.82, 2.24) is 15.5 Å². The molecule has 0 amide bonds. The molecule has 1 saturated heterocycles. The fourth-order valence-corrected chi connectivity index (χ4v) is 3.30. The summed E-state index contributed by atoms with van der Waals surface area (Å²) in [6, 6.07) is 7.70. The lowest BCUT2D eigenvalue weighted by molar-refractivity contribution is 0.233. The molecule has 3 rings (SSSR count). The van der Waals surface area contributed by atoms with Gasteiger partial charge in [0, 0.05) is 38.8 Å². The summed E-state index contributed by atoms with van der Waals surface area (Å²) < 4.78 is 0. The summed E-state index contributed by atoms with van der Waals surface area (Å²) in [4.78, 5) is 2.55. The van der Waals surface area contributed by atoms with Crippen LogP contribution >= 0.6 is 0 Å². The molecule has 0 radical (unpaired) electrons. The Morgan fingerprint density at radius 3 is 2.84 bits per heavy atom. The standard InChI is InChI=1S/C16H25N3/c1-2-16-15-4-3-13(11-14(15)5-6-18-16)12-19-9-7-17-8-10-19/h3-4,11,16-18H,2,5-10,12H2,1H3. The molecule has 2 N–H and O–H groups in total. The molecule has 1 aromatic rings. The van der Waals surface area contributed by atoms with Gasteiger partial charge in [-0.15, -0.1) is 0 Å². The first-order chi connectivity index (χ1) is 9.36. The molecule has 0 saturated carbocycles. The predicted octanol–water partition coefficient (Wildman–Crippen LogP) is 1.69. The van der Waals surface area contributed by atoms with E-state index in [4.69, 9.17) is 0 Å². The number of fused-ring (bicyclic) bond motifs is 1. The van der Waals surface area contributed by atoms with Gasteiger partial charge in [0.15, 0.2) is 0 Å². The second kappa shape index (κ2) is 6.04. The molecule has 1 unspecified atom stereocenters. The molecule has 3 heteroatoms. The Morgan fingerprint density at radius 2 is 2.05 bits per heavy atom. The SMILES string of the molecule is CCC1NCCc2cc(CN3CCNCC3)ccc21. The molecule has 2 heterocycles. The van der Waals surface area contributed by atoms with Crippen LogP contribution in [0, 0.1) is 0 Å². The van der Waals surface area contributed by atoms with Crippen LogP contribution in [0.3, 0.4) is 0 Å². The minimum atomic E-state index is 0.567. The van der Waals surface area contributed by atoms with Gasteiger partial charge in [0.05, 0.1) is 0 Å². The highest BCUT2D eigenvalue weighted by atomic mass is 15.2. The van der Waals surface area contributed by atoms with Crippen molar-refractivity contribution in [2.45, 2.75) is 32.4 Å². The average molecular weight is 259 g/mol. The molecule has 104 valence electrons. The first-order valence-corrected chi connectivity index (χ1v) is 7.65. The summed E-state index contributed by atoms with van der Waals surface area (Å²) in [6.07, 6.45) is 2.37. The molecule has 0 spiro atoms. The lowest BCUT2D eigenvalue weighted by Gasteiger charge is -2.29. The fourth-order valence-electron chi connectivity index (χ4n) is 3.30. The number of nitrogens with zero attached hydrogens (tertiary/aromatic N) is 1. The van der Waals surface area contributed by atoms with Crippen LogP contribution in [-0.4, -0.2) is 37.6 Å². The van der Waals surface area contributed by atoms with Crippen molar-refractivity contribution in [3.63, 3.8) is 0 Å². The first-order valence-electron chi connectivity index (χ1n) is 7.65. The van der Waals surface area contributed by atoms with Crippen molar-refractivity contribution >= 4 is 0 Å². The van der Waals surface area contributed by atoms with Crippen molar-refractivity contribution in [1.29, 1.82) is 0 Å². The normalized spacial score (nSPS) is 24.2. The second-order valence-corrected chi connectivity index (χ2v) is 5.72. The molecular formula is C16H25N3. The van der Waals surface area contributed by atoms with E-state index >= 15 is 0 Å². The van der Waals surface area contributed by atoms with Gasteiger partial charge >= 0.3 is 0 Å². The lowest BCUT2D eigenvalue weighted by atomic mass is 9.91. The molecule has 1 fully saturated rings. The van der Waals surface area contributed by atoms with Crippen LogP contribution < -0.4 is 10.6 Å². The summed E-state index contributed by atoms with van der Waals surface area (Å²) in [6.45, 7) is 9.12.